The fourth-order valence-corrected chi connectivity index (χ4v) is 13.9. The van der Waals surface area contributed by atoms with Gasteiger partial charge >= 0.3 is 24.6 Å². The molecule has 76 heavy (non-hydrogen) atoms. The Labute approximate surface area is 449 Å². The third kappa shape index (κ3) is 12.7. The number of fused-ring (bicyclic) bond motifs is 3. The summed E-state index contributed by atoms with van der Waals surface area (Å²) in [5, 5.41) is 30.2. The quantitative estimate of drug-likeness (QED) is 0.0341. The lowest BCUT2D eigenvalue weighted by molar-refractivity contribution is -0.605. The van der Waals surface area contributed by atoms with Gasteiger partial charge < -0.3 is 34.4 Å². The molecule has 4 aliphatic heterocycles. The van der Waals surface area contributed by atoms with Gasteiger partial charge in [-0.3, -0.25) is 14.6 Å². The van der Waals surface area contributed by atoms with Crippen LogP contribution in [0.1, 0.15) is 64.2 Å². The number of alkyl halides is 2. The highest BCUT2D eigenvalue weighted by Gasteiger charge is 2.60. The average Bonchev–Trinajstić information content (AvgIpc) is 4.19. The van der Waals surface area contributed by atoms with Crippen LogP contribution in [0.25, 0.3) is 0 Å². The van der Waals surface area contributed by atoms with Crippen LogP contribution in [0.4, 0.5) is 23.7 Å². The summed E-state index contributed by atoms with van der Waals surface area (Å²) in [6.45, 7) is -1.68. The Hall–Kier alpha value is -6.30. The number of hydrogen-bond donors (Lipinski definition) is 2. The maximum absolute atomic E-state index is 15.2. The van der Waals surface area contributed by atoms with Crippen LogP contribution in [0, 0.1) is 22.9 Å². The van der Waals surface area contributed by atoms with E-state index < -0.39 is 57.9 Å². The number of carboxylic acids is 1. The van der Waals surface area contributed by atoms with Gasteiger partial charge in [0.15, 0.2) is 28.8 Å². The second-order valence-corrected chi connectivity index (χ2v) is 22.4. The molecule has 1 aromatic heterocycles. The molecule has 5 aliphatic rings. The highest BCUT2D eigenvalue weighted by atomic mass is 35.5. The molecule has 1 amide bonds. The van der Waals surface area contributed by atoms with Crippen molar-refractivity contribution in [2.75, 3.05) is 43.4 Å². The monoisotopic (exact) mass is 1130 g/mol. The van der Waals surface area contributed by atoms with Crippen LogP contribution in [-0.4, -0.2) is 108 Å². The van der Waals surface area contributed by atoms with Crippen LogP contribution in [0.5, 0.6) is 11.5 Å². The number of ether oxygens (including phenoxy) is 4. The second-order valence-electron chi connectivity index (χ2n) is 18.4. The van der Waals surface area contributed by atoms with E-state index in [-0.39, 0.29) is 111 Å². The van der Waals surface area contributed by atoms with Gasteiger partial charge in [0.25, 0.3) is 6.47 Å². The molecule has 2 N–H and O–H groups in total. The van der Waals surface area contributed by atoms with Crippen molar-refractivity contribution in [3.63, 3.8) is 0 Å². The molecule has 4 saturated heterocycles. The molecule has 3 atom stereocenters. The van der Waals surface area contributed by atoms with Crippen molar-refractivity contribution in [1.82, 2.24) is 9.21 Å². The van der Waals surface area contributed by atoms with Crippen LogP contribution in [0.2, 0.25) is 10.0 Å². The zero-order valence-corrected chi connectivity index (χ0v) is 43.5. The lowest BCUT2D eigenvalue weighted by Gasteiger charge is -2.44. The van der Waals surface area contributed by atoms with Crippen LogP contribution >= 0.6 is 35.0 Å². The SMILES string of the molecule is O=C(OCc1cccc(S(=O)(=O)N2CCS[C@]2(C(=O)O)[C@@H](Cc2c(Cl)c[n+]([O-])cc2Cl)c2ccc(OC(F)F)c(OCC3CC3)c2)c1)c1cccc(CN(C(=O)O[C@H]2CN3CCC2CC3)c2ccccc2F)c1.O=CO. The molecular weight excluding hydrogens is 1080 g/mol. The van der Waals surface area contributed by atoms with Crippen molar-refractivity contribution in [2.24, 2.45) is 11.8 Å². The maximum atomic E-state index is 15.2. The molecule has 2 bridgehead atoms. The predicted octanol–water partition coefficient (Wildman–Crippen LogP) is 9.00. The van der Waals surface area contributed by atoms with E-state index in [9.17, 15) is 41.9 Å². The summed E-state index contributed by atoms with van der Waals surface area (Å²) >= 11 is 13.9. The average molecular weight is 1130 g/mol. The number of aromatic nitrogens is 1. The van der Waals surface area contributed by atoms with Gasteiger partial charge in [0.1, 0.15) is 28.6 Å². The van der Waals surface area contributed by atoms with E-state index in [0.29, 0.717) is 16.8 Å². The Bertz CT molecular complexity index is 3040. The molecule has 1 saturated carbocycles. The van der Waals surface area contributed by atoms with E-state index in [0.717, 1.165) is 67.2 Å². The summed E-state index contributed by atoms with van der Waals surface area (Å²) in [5.41, 5.74) is 1.07. The van der Waals surface area contributed by atoms with Crippen molar-refractivity contribution in [1.29, 1.82) is 0 Å². The highest BCUT2D eigenvalue weighted by molar-refractivity contribution is 8.02. The molecule has 0 radical (unpaired) electrons. The van der Waals surface area contributed by atoms with Crippen molar-refractivity contribution in [2.45, 2.75) is 73.7 Å². The Kier molecular flexibility index (Phi) is 17.9. The molecule has 4 aromatic carbocycles. The van der Waals surface area contributed by atoms with Gasteiger partial charge in [0.2, 0.25) is 10.0 Å². The number of para-hydroxylation sites is 1. The number of benzene rings is 4. The minimum absolute atomic E-state index is 0.00237. The number of anilines is 1. The number of carboxylic acid groups (broad SMARTS) is 2. The van der Waals surface area contributed by atoms with Crippen molar-refractivity contribution < 1.29 is 74.7 Å². The predicted molar refractivity (Wildman–Crippen MR) is 273 cm³/mol. The molecule has 10 rings (SSSR count). The first-order valence-electron chi connectivity index (χ1n) is 24.0. The summed E-state index contributed by atoms with van der Waals surface area (Å²) in [4.78, 5) is 50.5. The Morgan fingerprint density at radius 3 is 2.28 bits per heavy atom. The van der Waals surface area contributed by atoms with Crippen molar-refractivity contribution in [3.05, 3.63) is 152 Å². The number of rotatable bonds is 19. The van der Waals surface area contributed by atoms with E-state index in [1.807, 2.05) is 0 Å². The van der Waals surface area contributed by atoms with Crippen LogP contribution in [0.3, 0.4) is 0 Å². The minimum Gasteiger partial charge on any atom is -0.619 e. The minimum atomic E-state index is -4.74. The number of nitrogens with zero attached hydrogens (tertiary/aromatic N) is 4. The first kappa shape index (κ1) is 55.9. The molecule has 17 nitrogen and oxygen atoms in total. The summed E-state index contributed by atoms with van der Waals surface area (Å²) in [5.74, 6) is -4.39. The van der Waals surface area contributed by atoms with E-state index in [1.54, 1.807) is 18.2 Å². The maximum Gasteiger partial charge on any atom is 0.415 e. The zero-order valence-electron chi connectivity index (χ0n) is 40.4. The molecule has 0 unspecified atom stereocenters. The fourth-order valence-electron chi connectivity index (χ4n) is 9.65. The molecule has 5 fully saturated rings. The highest BCUT2D eigenvalue weighted by Crippen LogP contribution is 2.52. The largest absolute Gasteiger partial charge is 0.619 e. The first-order chi connectivity index (χ1) is 36.4. The Morgan fingerprint density at radius 1 is 0.921 bits per heavy atom. The van der Waals surface area contributed by atoms with E-state index in [1.165, 1.54) is 77.7 Å². The number of piperidine rings is 3. The molecule has 404 valence electrons. The summed E-state index contributed by atoms with van der Waals surface area (Å²) in [6.07, 6.45) is 4.15. The third-order valence-electron chi connectivity index (χ3n) is 13.6. The zero-order chi connectivity index (χ0) is 54.3. The molecule has 1 aliphatic carbocycles. The molecule has 5 aromatic rings. The fraction of sp³-hybridized carbons (Fsp3) is 0.365. The van der Waals surface area contributed by atoms with Crippen LogP contribution in [-0.2, 0) is 48.7 Å². The number of pyridine rings is 1. The van der Waals surface area contributed by atoms with Crippen LogP contribution < -0.4 is 19.1 Å². The normalized spacial score (nSPS) is 20.5. The first-order valence-corrected chi connectivity index (χ1v) is 27.2. The van der Waals surface area contributed by atoms with Crippen molar-refractivity contribution in [3.8, 4) is 11.5 Å². The Morgan fingerprint density at radius 2 is 1.62 bits per heavy atom. The summed E-state index contributed by atoms with van der Waals surface area (Å²) in [7, 11) is -4.74. The van der Waals surface area contributed by atoms with Gasteiger partial charge in [-0.1, -0.05) is 65.7 Å². The number of amides is 1. The number of halogens is 5. The van der Waals surface area contributed by atoms with Crippen molar-refractivity contribution >= 4 is 75.2 Å². The molecule has 0 spiro atoms. The standard InChI is InChI=1S/C51H49Cl2F3N4O11S2.CH2O2/c52-40-26-58(65)27-41(53)38(40)24-39(35-13-14-44(70-49(55)56)45(23-35)68-29-31-11-12-31)51(48(62)63)60(19-20-72-51)73(66,67)37-8-4-6-33(22-37)30-69-47(61)36-7-3-5-32(21-36)25-59(43-10-2-1-9-42(43)54)50(64)71-46-28-57-17-15-34(46)16-18-57;2-1-3/h1-10,13-14,21-23,26-27,31,34,39,46,49H,11-12,15-20,24-25,28-30H2,(H,62,63);1H,(H,2,3)/t39-,46-,51-;/m0./s1. The smallest absolute Gasteiger partial charge is 0.415 e. The number of carbonyl (C=O) groups is 4. The Balaban J connectivity index is 0.00000249. The van der Waals surface area contributed by atoms with Gasteiger partial charge in [-0.05, 0) is 122 Å². The van der Waals surface area contributed by atoms with Gasteiger partial charge in [-0.2, -0.15) is 17.8 Å². The topological polar surface area (TPSA) is 216 Å². The molecule has 5 heterocycles. The van der Waals surface area contributed by atoms with E-state index in [2.05, 4.69) is 4.90 Å². The summed E-state index contributed by atoms with van der Waals surface area (Å²) < 4.78 is 95.9. The van der Waals surface area contributed by atoms with Gasteiger partial charge in [0.05, 0.1) is 29.3 Å². The molecule has 24 heteroatoms. The lowest BCUT2D eigenvalue weighted by Crippen LogP contribution is -2.55. The number of esters is 1. The number of sulfonamides is 1. The van der Waals surface area contributed by atoms with Gasteiger partial charge in [-0.25, -0.2) is 27.2 Å². The van der Waals surface area contributed by atoms with Gasteiger partial charge in [-0.15, -0.1) is 11.8 Å². The lowest BCUT2D eigenvalue weighted by atomic mass is 9.85. The number of hydrogen-bond acceptors (Lipinski definition) is 13. The second kappa shape index (κ2) is 24.4. The van der Waals surface area contributed by atoms with E-state index in [4.69, 9.17) is 52.1 Å². The summed E-state index contributed by atoms with van der Waals surface area (Å²) in [6, 6.07) is 21.4. The third-order valence-corrected chi connectivity index (χ3v) is 17.7. The van der Waals surface area contributed by atoms with Gasteiger partial charge in [0, 0.05) is 30.3 Å². The number of aliphatic carboxylic acids is 1. The number of thioether (sulfide) groups is 1. The number of carbonyl (C=O) groups excluding carboxylic acids is 2. The van der Waals surface area contributed by atoms with E-state index >= 15 is 4.39 Å². The molecular formula is C52H51Cl2F3N4O13S2. The van der Waals surface area contributed by atoms with Crippen LogP contribution in [0.15, 0.2) is 108 Å².